The average molecular weight is 528 g/mol. The van der Waals surface area contributed by atoms with E-state index in [1.807, 2.05) is 0 Å². The maximum atomic E-state index is 5.98. The molecule has 168 valence electrons. The third kappa shape index (κ3) is 7.42. The van der Waals surface area contributed by atoms with Crippen LogP contribution in [0.25, 0.3) is 10.9 Å². The molecule has 1 aliphatic heterocycles. The lowest BCUT2D eigenvalue weighted by molar-refractivity contribution is 0.00990. The number of nitrogens with zero attached hydrogens (tertiary/aromatic N) is 3. The number of rotatable bonds is 10. The number of benzene rings is 1. The minimum atomic E-state index is 0. The number of likely N-dealkylation sites (tertiary alicyclic amines) is 1. The summed E-state index contributed by atoms with van der Waals surface area (Å²) in [5.41, 5.74) is 1.30. The second kappa shape index (κ2) is 13.9. The SMILES string of the molecule is CCNC(=NCCCn1ccc2ccccc21)N1CCC(OCCCOC)CC1.I. The molecular formula is C23H37IN4O2. The van der Waals surface area contributed by atoms with Gasteiger partial charge >= 0.3 is 0 Å². The van der Waals surface area contributed by atoms with Gasteiger partial charge in [0.15, 0.2) is 5.96 Å². The van der Waals surface area contributed by atoms with Gasteiger partial charge in [0.25, 0.3) is 0 Å². The number of para-hydroxylation sites is 1. The molecule has 2 heterocycles. The summed E-state index contributed by atoms with van der Waals surface area (Å²) in [7, 11) is 1.74. The number of nitrogens with one attached hydrogen (secondary N) is 1. The quantitative estimate of drug-likeness (QED) is 0.218. The van der Waals surface area contributed by atoms with Crippen molar-refractivity contribution in [3.05, 3.63) is 36.5 Å². The minimum Gasteiger partial charge on any atom is -0.385 e. The number of piperidine rings is 1. The maximum Gasteiger partial charge on any atom is 0.193 e. The molecule has 0 unspecified atom stereocenters. The van der Waals surface area contributed by atoms with Crippen molar-refractivity contribution in [1.82, 2.24) is 14.8 Å². The number of aryl methyl sites for hydroxylation is 1. The molecule has 0 bridgehead atoms. The first-order valence-electron chi connectivity index (χ1n) is 11.0. The normalized spacial score (nSPS) is 15.4. The molecule has 2 aromatic rings. The summed E-state index contributed by atoms with van der Waals surface area (Å²) in [6.07, 6.45) is 6.67. The Morgan fingerprint density at radius 2 is 1.93 bits per heavy atom. The number of methoxy groups -OCH3 is 1. The molecule has 0 spiro atoms. The largest absolute Gasteiger partial charge is 0.385 e. The van der Waals surface area contributed by atoms with Crippen LogP contribution in [0.5, 0.6) is 0 Å². The molecule has 30 heavy (non-hydrogen) atoms. The zero-order chi connectivity index (χ0) is 20.3. The lowest BCUT2D eigenvalue weighted by atomic mass is 10.1. The monoisotopic (exact) mass is 528 g/mol. The fraction of sp³-hybridized carbons (Fsp3) is 0.609. The highest BCUT2D eigenvalue weighted by molar-refractivity contribution is 14.0. The Morgan fingerprint density at radius 3 is 2.70 bits per heavy atom. The van der Waals surface area contributed by atoms with Crippen LogP contribution in [0, 0.1) is 0 Å². The van der Waals surface area contributed by atoms with Crippen LogP contribution in [0.1, 0.15) is 32.6 Å². The van der Waals surface area contributed by atoms with Crippen molar-refractivity contribution in [1.29, 1.82) is 0 Å². The van der Waals surface area contributed by atoms with Gasteiger partial charge in [-0.15, -0.1) is 24.0 Å². The van der Waals surface area contributed by atoms with Gasteiger partial charge in [-0.3, -0.25) is 4.99 Å². The van der Waals surface area contributed by atoms with Gasteiger partial charge in [-0.05, 0) is 50.1 Å². The van der Waals surface area contributed by atoms with Crippen molar-refractivity contribution in [2.24, 2.45) is 4.99 Å². The predicted octanol–water partition coefficient (Wildman–Crippen LogP) is 4.13. The number of fused-ring (bicyclic) bond motifs is 1. The third-order valence-electron chi connectivity index (χ3n) is 5.42. The van der Waals surface area contributed by atoms with Crippen molar-refractivity contribution in [2.45, 2.75) is 45.3 Å². The van der Waals surface area contributed by atoms with E-state index < -0.39 is 0 Å². The molecule has 1 aromatic carbocycles. The molecule has 1 fully saturated rings. The van der Waals surface area contributed by atoms with E-state index in [9.17, 15) is 0 Å². The van der Waals surface area contributed by atoms with Crippen LogP contribution in [0.15, 0.2) is 41.5 Å². The molecule has 0 atom stereocenters. The first-order chi connectivity index (χ1) is 14.3. The summed E-state index contributed by atoms with van der Waals surface area (Å²) >= 11 is 0. The number of halogens is 1. The molecule has 1 aromatic heterocycles. The van der Waals surface area contributed by atoms with Crippen molar-refractivity contribution < 1.29 is 9.47 Å². The van der Waals surface area contributed by atoms with Crippen LogP contribution >= 0.6 is 24.0 Å². The van der Waals surface area contributed by atoms with E-state index in [0.717, 1.165) is 77.6 Å². The van der Waals surface area contributed by atoms with Gasteiger partial charge in [0.05, 0.1) is 6.10 Å². The molecule has 1 N–H and O–H groups in total. The molecule has 3 rings (SSSR count). The second-order valence-corrected chi connectivity index (χ2v) is 7.56. The van der Waals surface area contributed by atoms with Gasteiger partial charge in [0.1, 0.15) is 0 Å². The molecule has 1 aliphatic rings. The maximum absolute atomic E-state index is 5.98. The molecule has 0 amide bonds. The molecule has 0 radical (unpaired) electrons. The molecule has 7 heteroatoms. The van der Waals surface area contributed by atoms with Crippen molar-refractivity contribution in [2.75, 3.05) is 46.5 Å². The van der Waals surface area contributed by atoms with Crippen LogP contribution in [0.3, 0.4) is 0 Å². The number of hydrogen-bond acceptors (Lipinski definition) is 3. The van der Waals surface area contributed by atoms with Crippen LogP contribution in [0.4, 0.5) is 0 Å². The van der Waals surface area contributed by atoms with Crippen molar-refractivity contribution in [3.63, 3.8) is 0 Å². The Hall–Kier alpha value is -1.32. The molecule has 0 saturated carbocycles. The smallest absolute Gasteiger partial charge is 0.193 e. The summed E-state index contributed by atoms with van der Waals surface area (Å²) in [6.45, 7) is 8.43. The van der Waals surface area contributed by atoms with Crippen LogP contribution in [-0.4, -0.2) is 68.0 Å². The van der Waals surface area contributed by atoms with Crippen molar-refractivity contribution in [3.8, 4) is 0 Å². The highest BCUT2D eigenvalue weighted by Gasteiger charge is 2.21. The predicted molar refractivity (Wildman–Crippen MR) is 135 cm³/mol. The fourth-order valence-corrected chi connectivity index (χ4v) is 3.87. The molecule has 0 aliphatic carbocycles. The first kappa shape index (κ1) is 24.9. The first-order valence-corrected chi connectivity index (χ1v) is 11.0. The highest BCUT2D eigenvalue weighted by atomic mass is 127. The van der Waals surface area contributed by atoms with E-state index in [1.165, 1.54) is 10.9 Å². The zero-order valence-electron chi connectivity index (χ0n) is 18.4. The summed E-state index contributed by atoms with van der Waals surface area (Å²) in [5.74, 6) is 1.04. The summed E-state index contributed by atoms with van der Waals surface area (Å²) < 4.78 is 13.4. The Bertz CT molecular complexity index is 756. The van der Waals surface area contributed by atoms with Gasteiger partial charge in [0.2, 0.25) is 0 Å². The lowest BCUT2D eigenvalue weighted by Crippen LogP contribution is -2.47. The van der Waals surface area contributed by atoms with E-state index in [2.05, 4.69) is 58.2 Å². The molecule has 1 saturated heterocycles. The van der Waals surface area contributed by atoms with E-state index in [-0.39, 0.29) is 24.0 Å². The number of hydrogen-bond donors (Lipinski definition) is 1. The average Bonchev–Trinajstić information content (AvgIpc) is 3.17. The topological polar surface area (TPSA) is 51.0 Å². The number of ether oxygens (including phenoxy) is 2. The summed E-state index contributed by atoms with van der Waals surface area (Å²) in [5, 5.41) is 4.76. The highest BCUT2D eigenvalue weighted by Crippen LogP contribution is 2.16. The Kier molecular flexibility index (Phi) is 11.5. The summed E-state index contributed by atoms with van der Waals surface area (Å²) in [4.78, 5) is 7.27. The zero-order valence-corrected chi connectivity index (χ0v) is 20.7. The van der Waals surface area contributed by atoms with E-state index in [1.54, 1.807) is 7.11 Å². The van der Waals surface area contributed by atoms with Gasteiger partial charge in [-0.1, -0.05) is 18.2 Å². The van der Waals surface area contributed by atoms with Gasteiger partial charge in [-0.2, -0.15) is 0 Å². The van der Waals surface area contributed by atoms with Crippen LogP contribution in [0.2, 0.25) is 0 Å². The van der Waals surface area contributed by atoms with Crippen LogP contribution < -0.4 is 5.32 Å². The number of aromatic nitrogens is 1. The molecule has 6 nitrogen and oxygen atoms in total. The van der Waals surface area contributed by atoms with E-state index >= 15 is 0 Å². The van der Waals surface area contributed by atoms with Gasteiger partial charge in [0, 0.05) is 64.8 Å². The van der Waals surface area contributed by atoms with Gasteiger partial charge < -0.3 is 24.3 Å². The number of guanidine groups is 1. The van der Waals surface area contributed by atoms with E-state index in [4.69, 9.17) is 14.5 Å². The van der Waals surface area contributed by atoms with Gasteiger partial charge in [-0.25, -0.2) is 0 Å². The standard InChI is InChI=1S/C23H36N4O2.HI/c1-3-24-23(27-16-11-21(12-17-27)29-19-7-18-28-2)25-13-6-14-26-15-10-20-8-4-5-9-22(20)26;/h4-5,8-10,15,21H,3,6-7,11-14,16-19H2,1-2H3,(H,24,25);1H. The number of aliphatic imine (C=N–C) groups is 1. The fourth-order valence-electron chi connectivity index (χ4n) is 3.87. The van der Waals surface area contributed by atoms with Crippen LogP contribution in [-0.2, 0) is 16.0 Å². The summed E-state index contributed by atoms with van der Waals surface area (Å²) in [6, 6.07) is 10.7. The Morgan fingerprint density at radius 1 is 1.13 bits per heavy atom. The third-order valence-corrected chi connectivity index (χ3v) is 5.42. The van der Waals surface area contributed by atoms with E-state index in [0.29, 0.717) is 6.10 Å². The Balaban J connectivity index is 0.00000320. The minimum absolute atomic E-state index is 0. The van der Waals surface area contributed by atoms with Crippen molar-refractivity contribution >= 4 is 40.8 Å². The lowest BCUT2D eigenvalue weighted by Gasteiger charge is -2.34. The second-order valence-electron chi connectivity index (χ2n) is 7.56. The Labute approximate surface area is 198 Å². The molecular weight excluding hydrogens is 491 g/mol.